The van der Waals surface area contributed by atoms with Crippen molar-refractivity contribution in [2.75, 3.05) is 13.1 Å². The predicted molar refractivity (Wildman–Crippen MR) is 98.9 cm³/mol. The third-order valence-electron chi connectivity index (χ3n) is 5.32. The third-order valence-corrected chi connectivity index (χ3v) is 5.32. The zero-order chi connectivity index (χ0) is 19.1. The van der Waals surface area contributed by atoms with Crippen LogP contribution in [0.5, 0.6) is 0 Å². The van der Waals surface area contributed by atoms with Gasteiger partial charge in [0, 0.05) is 18.5 Å². The molecular weight excluding hydrogens is 344 g/mol. The second-order valence-corrected chi connectivity index (χ2v) is 7.20. The van der Waals surface area contributed by atoms with E-state index >= 15 is 0 Å². The van der Waals surface area contributed by atoms with Gasteiger partial charge in [0.25, 0.3) is 0 Å². The molecule has 1 heterocycles. The van der Waals surface area contributed by atoms with Crippen molar-refractivity contribution in [3.63, 3.8) is 0 Å². The average molecular weight is 370 g/mol. The minimum Gasteiger partial charge on any atom is -0.326 e. The number of hydrogen-bond donors (Lipinski definition) is 2. The van der Waals surface area contributed by atoms with Crippen LogP contribution in [0.15, 0.2) is 30.3 Å². The minimum absolute atomic E-state index is 0.0295. The molecule has 1 aliphatic heterocycles. The minimum atomic E-state index is -0.289. The molecule has 2 amide bonds. The Labute approximate surface area is 159 Å². The summed E-state index contributed by atoms with van der Waals surface area (Å²) in [5, 5.41) is 12.3. The van der Waals surface area contributed by atoms with Crippen LogP contribution < -0.4 is 10.8 Å². The Hall–Kier alpha value is -2.43. The smallest absolute Gasteiger partial charge is 0.246 e. The molecule has 0 radical (unpaired) electrons. The highest BCUT2D eigenvalue weighted by Gasteiger charge is 2.32. The lowest BCUT2D eigenvalue weighted by atomic mass is 10.1. The number of hydrogen-bond acceptors (Lipinski definition) is 5. The molecule has 2 fully saturated rings. The van der Waals surface area contributed by atoms with Crippen LogP contribution in [0, 0.1) is 17.2 Å². The first kappa shape index (κ1) is 19.3. The van der Waals surface area contributed by atoms with Crippen molar-refractivity contribution in [2.24, 2.45) is 5.92 Å². The van der Waals surface area contributed by atoms with Crippen LogP contribution >= 0.6 is 0 Å². The molecule has 2 unspecified atom stereocenters. The first-order valence-corrected chi connectivity index (χ1v) is 9.55. The van der Waals surface area contributed by atoms with Crippen LogP contribution in [0.4, 0.5) is 0 Å². The maximum absolute atomic E-state index is 12.3. The molecule has 7 nitrogen and oxygen atoms in total. The maximum atomic E-state index is 12.3. The number of likely N-dealkylation sites (tertiary alicyclic amines) is 1. The van der Waals surface area contributed by atoms with Gasteiger partial charge in [0.05, 0.1) is 19.2 Å². The molecule has 27 heavy (non-hydrogen) atoms. The molecular formula is C20H26N4O3. The van der Waals surface area contributed by atoms with Gasteiger partial charge in [0.2, 0.25) is 11.8 Å². The second-order valence-electron chi connectivity index (χ2n) is 7.20. The van der Waals surface area contributed by atoms with Crippen LogP contribution in [-0.4, -0.2) is 41.9 Å². The molecule has 1 saturated heterocycles. The van der Waals surface area contributed by atoms with Gasteiger partial charge in [-0.3, -0.25) is 14.4 Å². The highest BCUT2D eigenvalue weighted by atomic mass is 16.6. The van der Waals surface area contributed by atoms with E-state index in [1.807, 2.05) is 30.3 Å². The van der Waals surface area contributed by atoms with Crippen molar-refractivity contribution in [2.45, 2.75) is 50.8 Å². The van der Waals surface area contributed by atoms with Crippen molar-refractivity contribution < 1.29 is 14.4 Å². The van der Waals surface area contributed by atoms with E-state index in [2.05, 4.69) is 16.9 Å². The average Bonchev–Trinajstić information content (AvgIpc) is 3.36. The number of amides is 2. The lowest BCUT2D eigenvalue weighted by Crippen LogP contribution is -2.43. The van der Waals surface area contributed by atoms with Crippen molar-refractivity contribution in [3.8, 4) is 6.07 Å². The van der Waals surface area contributed by atoms with Crippen molar-refractivity contribution >= 4 is 11.8 Å². The van der Waals surface area contributed by atoms with Crippen molar-refractivity contribution in [3.05, 3.63) is 35.9 Å². The molecule has 0 spiro atoms. The Morgan fingerprint density at radius 2 is 2.04 bits per heavy atom. The summed E-state index contributed by atoms with van der Waals surface area (Å²) in [5.41, 5.74) is 3.54. The third kappa shape index (κ3) is 5.28. The van der Waals surface area contributed by atoms with E-state index in [1.54, 1.807) is 4.90 Å². The van der Waals surface area contributed by atoms with Gasteiger partial charge in [0.15, 0.2) is 0 Å². The van der Waals surface area contributed by atoms with Gasteiger partial charge in [0.1, 0.15) is 6.04 Å². The van der Waals surface area contributed by atoms with Gasteiger partial charge in [-0.25, -0.2) is 5.48 Å². The fraction of sp³-hybridized carbons (Fsp3) is 0.550. The predicted octanol–water partition coefficient (Wildman–Crippen LogP) is 1.51. The SMILES string of the molecule is N#C[C@@H]1CCCN1C(=O)CNC1CCC(C(=O)NOCc2ccccc2)C1. The van der Waals surface area contributed by atoms with E-state index in [1.165, 1.54) is 0 Å². The van der Waals surface area contributed by atoms with Crippen molar-refractivity contribution in [1.29, 1.82) is 5.26 Å². The van der Waals surface area contributed by atoms with Gasteiger partial charge in [-0.1, -0.05) is 30.3 Å². The first-order valence-electron chi connectivity index (χ1n) is 9.55. The van der Waals surface area contributed by atoms with Gasteiger partial charge >= 0.3 is 0 Å². The summed E-state index contributed by atoms with van der Waals surface area (Å²) in [6.45, 7) is 1.22. The summed E-state index contributed by atoms with van der Waals surface area (Å²) < 4.78 is 0. The van der Waals surface area contributed by atoms with Crippen LogP contribution in [-0.2, 0) is 21.0 Å². The Bertz CT molecular complexity index is 688. The number of nitrogens with zero attached hydrogens (tertiary/aromatic N) is 2. The summed E-state index contributed by atoms with van der Waals surface area (Å²) in [4.78, 5) is 31.5. The van der Waals surface area contributed by atoms with E-state index in [4.69, 9.17) is 10.1 Å². The van der Waals surface area contributed by atoms with Gasteiger partial charge in [-0.05, 0) is 37.7 Å². The number of rotatable bonds is 7. The molecule has 3 atom stereocenters. The summed E-state index contributed by atoms with van der Waals surface area (Å²) in [6, 6.07) is 11.7. The normalized spacial score (nSPS) is 24.6. The fourth-order valence-corrected chi connectivity index (χ4v) is 3.79. The topological polar surface area (TPSA) is 94.5 Å². The van der Waals surface area contributed by atoms with Crippen LogP contribution in [0.25, 0.3) is 0 Å². The van der Waals surface area contributed by atoms with Gasteiger partial charge in [-0.15, -0.1) is 0 Å². The van der Waals surface area contributed by atoms with Crippen LogP contribution in [0.2, 0.25) is 0 Å². The number of nitrogens with one attached hydrogen (secondary N) is 2. The number of carbonyl (C=O) groups excluding carboxylic acids is 2. The van der Waals surface area contributed by atoms with Crippen LogP contribution in [0.1, 0.15) is 37.7 Å². The Morgan fingerprint density at radius 3 is 2.81 bits per heavy atom. The number of hydroxylamine groups is 1. The van der Waals surface area contributed by atoms with E-state index in [0.717, 1.165) is 31.2 Å². The highest BCUT2D eigenvalue weighted by Crippen LogP contribution is 2.26. The molecule has 3 rings (SSSR count). The molecule has 2 N–H and O–H groups in total. The van der Waals surface area contributed by atoms with E-state index in [-0.39, 0.29) is 36.4 Å². The molecule has 1 aromatic rings. The summed E-state index contributed by atoms with van der Waals surface area (Å²) in [5.74, 6) is -0.240. The molecule has 144 valence electrons. The standard InChI is InChI=1S/C20H26N4O3/c21-12-18-7-4-10-24(18)19(25)13-22-17-9-8-16(11-17)20(26)23-27-14-15-5-2-1-3-6-15/h1-3,5-6,16-18,22H,4,7-11,13-14H2,(H,23,26)/t16?,17?,18-/m0/s1. The second kappa shape index (κ2) is 9.49. The summed E-state index contributed by atoms with van der Waals surface area (Å²) in [7, 11) is 0. The molecule has 2 aliphatic rings. The Balaban J connectivity index is 1.35. The number of carbonyl (C=O) groups is 2. The summed E-state index contributed by atoms with van der Waals surface area (Å²) >= 11 is 0. The van der Waals surface area contributed by atoms with E-state index < -0.39 is 0 Å². The highest BCUT2D eigenvalue weighted by molar-refractivity contribution is 5.79. The zero-order valence-corrected chi connectivity index (χ0v) is 15.4. The molecule has 1 saturated carbocycles. The zero-order valence-electron chi connectivity index (χ0n) is 15.4. The van der Waals surface area contributed by atoms with E-state index in [9.17, 15) is 9.59 Å². The van der Waals surface area contributed by atoms with Gasteiger partial charge < -0.3 is 10.2 Å². The largest absolute Gasteiger partial charge is 0.326 e. The van der Waals surface area contributed by atoms with E-state index in [0.29, 0.717) is 19.6 Å². The Morgan fingerprint density at radius 1 is 1.22 bits per heavy atom. The molecule has 1 aliphatic carbocycles. The monoisotopic (exact) mass is 370 g/mol. The number of benzene rings is 1. The maximum Gasteiger partial charge on any atom is 0.246 e. The Kier molecular flexibility index (Phi) is 6.80. The molecule has 0 aromatic heterocycles. The van der Waals surface area contributed by atoms with Gasteiger partial charge in [-0.2, -0.15) is 5.26 Å². The molecule has 7 heteroatoms. The quantitative estimate of drug-likeness (QED) is 0.710. The van der Waals surface area contributed by atoms with Crippen LogP contribution in [0.3, 0.4) is 0 Å². The fourth-order valence-electron chi connectivity index (χ4n) is 3.79. The number of nitriles is 1. The lowest BCUT2D eigenvalue weighted by molar-refractivity contribution is -0.138. The first-order chi connectivity index (χ1) is 13.2. The van der Waals surface area contributed by atoms with Crippen molar-refractivity contribution in [1.82, 2.24) is 15.7 Å². The molecule has 1 aromatic carbocycles. The molecule has 0 bridgehead atoms. The summed E-state index contributed by atoms with van der Waals surface area (Å²) in [6.07, 6.45) is 3.97. The lowest BCUT2D eigenvalue weighted by Gasteiger charge is -2.21.